The number of aromatic amines is 1. The van der Waals surface area contributed by atoms with Crippen molar-refractivity contribution in [3.05, 3.63) is 102 Å². The lowest BCUT2D eigenvalue weighted by Crippen LogP contribution is -2.40. The highest BCUT2D eigenvalue weighted by molar-refractivity contribution is 7.98. The molecule has 2 aliphatic rings. The summed E-state index contributed by atoms with van der Waals surface area (Å²) < 4.78 is 0. The van der Waals surface area contributed by atoms with E-state index < -0.39 is 0 Å². The van der Waals surface area contributed by atoms with E-state index in [2.05, 4.69) is 28.2 Å². The SMILES string of the molecule is CCN1CC2=C(Nc3nc(SC)[nH]c(=O)c3C2c2ccc(Cl)cc2)/C(=C/c2ccc(Cl)cc2)C1. The molecule has 1 aromatic heterocycles. The smallest absolute Gasteiger partial charge is 0.257 e. The van der Waals surface area contributed by atoms with Crippen LogP contribution in [0.25, 0.3) is 6.08 Å². The number of aromatic nitrogens is 2. The minimum absolute atomic E-state index is 0.120. The van der Waals surface area contributed by atoms with Crippen molar-refractivity contribution in [2.75, 3.05) is 31.2 Å². The minimum Gasteiger partial charge on any atom is -0.339 e. The first-order valence-electron chi connectivity index (χ1n) is 11.1. The monoisotopic (exact) mass is 510 g/mol. The summed E-state index contributed by atoms with van der Waals surface area (Å²) in [6, 6.07) is 15.6. The Hall–Kier alpha value is -2.51. The second-order valence-electron chi connectivity index (χ2n) is 8.37. The molecule has 0 aliphatic carbocycles. The lowest BCUT2D eigenvalue weighted by Gasteiger charge is -2.39. The molecule has 0 bridgehead atoms. The molecule has 174 valence electrons. The summed E-state index contributed by atoms with van der Waals surface area (Å²) in [5.74, 6) is 0.386. The number of rotatable bonds is 4. The van der Waals surface area contributed by atoms with Gasteiger partial charge in [0.15, 0.2) is 5.16 Å². The van der Waals surface area contributed by atoms with E-state index in [1.807, 2.05) is 54.8 Å². The van der Waals surface area contributed by atoms with E-state index in [0.29, 0.717) is 26.6 Å². The van der Waals surface area contributed by atoms with Crippen molar-refractivity contribution >= 4 is 46.9 Å². The molecule has 1 unspecified atom stereocenters. The number of halogens is 2. The molecule has 2 aromatic carbocycles. The van der Waals surface area contributed by atoms with Crippen LogP contribution in [0.3, 0.4) is 0 Å². The zero-order valence-corrected chi connectivity index (χ0v) is 21.2. The predicted octanol–water partition coefficient (Wildman–Crippen LogP) is 6.03. The predicted molar refractivity (Wildman–Crippen MR) is 142 cm³/mol. The quantitative estimate of drug-likeness (QED) is 0.331. The van der Waals surface area contributed by atoms with Gasteiger partial charge < -0.3 is 10.3 Å². The van der Waals surface area contributed by atoms with E-state index in [-0.39, 0.29) is 11.5 Å². The topological polar surface area (TPSA) is 61.0 Å². The molecule has 2 aliphatic heterocycles. The lowest BCUT2D eigenvalue weighted by molar-refractivity contribution is 0.324. The molecule has 1 atom stereocenters. The van der Waals surface area contributed by atoms with Gasteiger partial charge in [0.25, 0.3) is 5.56 Å². The molecule has 3 heterocycles. The minimum atomic E-state index is -0.223. The normalized spacial score (nSPS) is 19.1. The number of nitrogens with one attached hydrogen (secondary N) is 2. The molecule has 8 heteroatoms. The van der Waals surface area contributed by atoms with Crippen LogP contribution in [0.1, 0.15) is 29.5 Å². The molecule has 3 aromatic rings. The molecule has 0 amide bonds. The van der Waals surface area contributed by atoms with Crippen LogP contribution in [-0.2, 0) is 0 Å². The van der Waals surface area contributed by atoms with Crippen LogP contribution < -0.4 is 10.9 Å². The van der Waals surface area contributed by atoms with Gasteiger partial charge in [-0.15, -0.1) is 0 Å². The molecular formula is C26H24Cl2N4OS. The Morgan fingerprint density at radius 2 is 1.76 bits per heavy atom. The molecule has 0 saturated carbocycles. The van der Waals surface area contributed by atoms with Crippen LogP contribution in [-0.4, -0.2) is 40.8 Å². The lowest BCUT2D eigenvalue weighted by atomic mass is 9.79. The zero-order valence-electron chi connectivity index (χ0n) is 18.9. The molecule has 0 radical (unpaired) electrons. The molecule has 0 fully saturated rings. The highest BCUT2D eigenvalue weighted by Gasteiger charge is 2.37. The van der Waals surface area contributed by atoms with E-state index in [9.17, 15) is 4.79 Å². The second-order valence-corrected chi connectivity index (χ2v) is 10.0. The number of fused-ring (bicyclic) bond motifs is 1. The van der Waals surface area contributed by atoms with E-state index in [1.165, 1.54) is 11.8 Å². The van der Waals surface area contributed by atoms with Gasteiger partial charge in [0, 0.05) is 34.7 Å². The van der Waals surface area contributed by atoms with Crippen molar-refractivity contribution in [1.29, 1.82) is 0 Å². The van der Waals surface area contributed by atoms with Gasteiger partial charge in [-0.05, 0) is 65.4 Å². The number of nitrogens with zero attached hydrogens (tertiary/aromatic N) is 2. The van der Waals surface area contributed by atoms with Gasteiger partial charge >= 0.3 is 0 Å². The molecule has 2 N–H and O–H groups in total. The first kappa shape index (κ1) is 23.2. The van der Waals surface area contributed by atoms with E-state index in [1.54, 1.807) is 0 Å². The summed E-state index contributed by atoms with van der Waals surface area (Å²) in [7, 11) is 0. The van der Waals surface area contributed by atoms with E-state index in [4.69, 9.17) is 28.2 Å². The molecule has 0 spiro atoms. The summed E-state index contributed by atoms with van der Waals surface area (Å²) in [5.41, 5.74) is 5.97. The summed E-state index contributed by atoms with van der Waals surface area (Å²) in [5, 5.41) is 5.50. The molecule has 5 nitrogen and oxygen atoms in total. The van der Waals surface area contributed by atoms with E-state index in [0.717, 1.165) is 47.6 Å². The van der Waals surface area contributed by atoms with Gasteiger partial charge in [0.05, 0.1) is 5.56 Å². The second kappa shape index (κ2) is 9.62. The maximum atomic E-state index is 13.3. The fourth-order valence-corrected chi connectivity index (χ4v) is 5.27. The third-order valence-corrected chi connectivity index (χ3v) is 7.38. The maximum Gasteiger partial charge on any atom is 0.257 e. The summed E-state index contributed by atoms with van der Waals surface area (Å²) in [4.78, 5) is 23.4. The van der Waals surface area contributed by atoms with Gasteiger partial charge in [0.2, 0.25) is 0 Å². The highest BCUT2D eigenvalue weighted by atomic mass is 35.5. The van der Waals surface area contributed by atoms with Gasteiger partial charge in [-0.3, -0.25) is 9.69 Å². The van der Waals surface area contributed by atoms with E-state index >= 15 is 0 Å². The molecular weight excluding hydrogens is 487 g/mol. The van der Waals surface area contributed by atoms with Crippen LogP contribution in [0, 0.1) is 0 Å². The highest BCUT2D eigenvalue weighted by Crippen LogP contribution is 2.44. The first-order chi connectivity index (χ1) is 16.5. The summed E-state index contributed by atoms with van der Waals surface area (Å²) in [6.45, 7) is 4.61. The van der Waals surface area contributed by atoms with Crippen LogP contribution in [0.4, 0.5) is 5.82 Å². The van der Waals surface area contributed by atoms with Crippen molar-refractivity contribution in [2.45, 2.75) is 18.0 Å². The number of likely N-dealkylation sites (N-methyl/N-ethyl adjacent to an activating group) is 1. The number of H-pyrrole nitrogens is 1. The Labute approximate surface area is 212 Å². The van der Waals surface area contributed by atoms with Crippen molar-refractivity contribution in [1.82, 2.24) is 14.9 Å². The number of hydrogen-bond donors (Lipinski definition) is 2. The Kier molecular flexibility index (Phi) is 6.58. The van der Waals surface area contributed by atoms with Crippen molar-refractivity contribution < 1.29 is 0 Å². The zero-order chi connectivity index (χ0) is 23.8. The Bertz CT molecular complexity index is 1350. The maximum absolute atomic E-state index is 13.3. The van der Waals surface area contributed by atoms with Crippen molar-refractivity contribution in [2.24, 2.45) is 0 Å². The number of thioether (sulfide) groups is 1. The number of benzene rings is 2. The van der Waals surface area contributed by atoms with Gasteiger partial charge in [-0.25, -0.2) is 4.98 Å². The molecule has 34 heavy (non-hydrogen) atoms. The average Bonchev–Trinajstić information content (AvgIpc) is 2.84. The number of hydrogen-bond acceptors (Lipinski definition) is 5. The third-order valence-electron chi connectivity index (χ3n) is 6.30. The first-order valence-corrected chi connectivity index (χ1v) is 13.1. The summed E-state index contributed by atoms with van der Waals surface area (Å²) in [6.07, 6.45) is 4.09. The Morgan fingerprint density at radius 3 is 2.41 bits per heavy atom. The van der Waals surface area contributed by atoms with Gasteiger partial charge in [0.1, 0.15) is 5.82 Å². The third kappa shape index (κ3) is 4.43. The fraction of sp³-hybridized carbons (Fsp3) is 0.231. The van der Waals surface area contributed by atoms with Crippen LogP contribution in [0.15, 0.2) is 75.3 Å². The standard InChI is InChI=1S/C26H24Cl2N4OS/c1-3-32-13-17(12-15-4-8-18(27)9-5-15)23-20(14-32)21(16-6-10-19(28)11-7-16)22-24(29-23)30-26(34-2)31-25(22)33/h4-12,21H,3,13-14H2,1-2H3,(H2,29,30,31,33)/b17-12+. The summed E-state index contributed by atoms with van der Waals surface area (Å²) >= 11 is 13.7. The van der Waals surface area contributed by atoms with Crippen LogP contribution in [0.2, 0.25) is 10.0 Å². The number of anilines is 1. The molecule has 5 rings (SSSR count). The molecule has 0 saturated heterocycles. The fourth-order valence-electron chi connectivity index (χ4n) is 4.64. The van der Waals surface area contributed by atoms with Crippen molar-refractivity contribution in [3.8, 4) is 0 Å². The largest absolute Gasteiger partial charge is 0.339 e. The Balaban J connectivity index is 1.73. The van der Waals surface area contributed by atoms with Crippen LogP contribution in [0.5, 0.6) is 0 Å². The van der Waals surface area contributed by atoms with Gasteiger partial charge in [-0.2, -0.15) is 0 Å². The van der Waals surface area contributed by atoms with Crippen molar-refractivity contribution in [3.63, 3.8) is 0 Å². The average molecular weight is 511 g/mol. The van der Waals surface area contributed by atoms with Crippen LogP contribution >= 0.6 is 35.0 Å². The van der Waals surface area contributed by atoms with Gasteiger partial charge in [-0.1, -0.05) is 66.2 Å². The Morgan fingerprint density at radius 1 is 1.09 bits per heavy atom.